The lowest BCUT2D eigenvalue weighted by atomic mass is 9.58. The molecule has 732 valence electrons. The van der Waals surface area contributed by atoms with Gasteiger partial charge in [-0.25, -0.2) is 0 Å². The van der Waals surface area contributed by atoms with Gasteiger partial charge in [-0.1, -0.05) is 242 Å². The van der Waals surface area contributed by atoms with Gasteiger partial charge in [0, 0.05) is 5.41 Å². The molecule has 13 aliphatic rings. The number of hydrogen-bond donors (Lipinski definition) is 0. The zero-order valence-corrected chi connectivity index (χ0v) is 75.8. The third-order valence-corrected chi connectivity index (χ3v) is 33.4. The highest BCUT2D eigenvalue weighted by Gasteiger charge is 2.63. The second kappa shape index (κ2) is 54.5. The Kier molecular flexibility index (Phi) is 57.8. The topological polar surface area (TPSA) is 158 Å². The molecule has 13 saturated carbocycles. The first-order valence-electron chi connectivity index (χ1n) is 46.8. The Bertz CT molecular complexity index is 2830. The first kappa shape index (κ1) is 130. The van der Waals surface area contributed by atoms with Gasteiger partial charge in [0.25, 0.3) is 0 Å². The fourth-order valence-corrected chi connectivity index (χ4v) is 21.2. The molecule has 0 spiro atoms. The molecule has 0 aromatic rings. The van der Waals surface area contributed by atoms with Crippen molar-refractivity contribution in [1.82, 2.24) is 0 Å². The van der Waals surface area contributed by atoms with Gasteiger partial charge >= 0.3 is 35.8 Å². The van der Waals surface area contributed by atoms with Crippen molar-refractivity contribution in [2.75, 3.05) is 0 Å². The number of rotatable bonds is 21. The summed E-state index contributed by atoms with van der Waals surface area (Å²) in [4.78, 5) is 73.9. The summed E-state index contributed by atoms with van der Waals surface area (Å²) in [5.74, 6) is 5.61. The smallest absolute Gasteiger partial charge is 0.312 e. The molecule has 13 rings (SSSR count). The van der Waals surface area contributed by atoms with Crippen molar-refractivity contribution in [1.29, 1.82) is 0 Å². The van der Waals surface area contributed by atoms with E-state index in [1.54, 1.807) is 0 Å². The molecule has 0 aromatic carbocycles. The van der Waals surface area contributed by atoms with Gasteiger partial charge in [0.05, 0.1) is 32.5 Å². The average molecular weight is 1730 g/mol. The van der Waals surface area contributed by atoms with Crippen LogP contribution in [0.5, 0.6) is 0 Å². The Morgan fingerprint density at radius 3 is 1.02 bits per heavy atom. The molecule has 12 nitrogen and oxygen atoms in total. The third kappa shape index (κ3) is 32.4. The van der Waals surface area contributed by atoms with Gasteiger partial charge in [-0.05, 0) is 360 Å². The lowest BCUT2D eigenvalue weighted by Gasteiger charge is -2.54. The van der Waals surface area contributed by atoms with E-state index >= 15 is 0 Å². The second-order valence-electron chi connectivity index (χ2n) is 43.7. The van der Waals surface area contributed by atoms with Crippen LogP contribution in [0.25, 0.3) is 0 Å². The van der Waals surface area contributed by atoms with Crippen LogP contribution in [-0.2, 0) is 57.2 Å². The van der Waals surface area contributed by atoms with Gasteiger partial charge in [0.15, 0.2) is 0 Å². The summed E-state index contributed by atoms with van der Waals surface area (Å²) in [6, 6.07) is 0. The SMILES string of the molecule is C.C.C.C.C.C.C.C.C.C.C.C.CCC(C)(C)C(=O)OC(C1CCCCC1)(C1CCCCC1)C1CCCCC1.CCC(C)(C)C(=O)OC1(C)CCCCC1.CCC(C)(C)C(=O)OC12CCC(C)(CC1)CC2.CCC(C)(C)C(=O)OC1CC2CCC1(C)C2(C)C.CCC(C)(C)C(=O)OC1CC2CCC1C2.CCC(C)(C)C(=O)OC1CCCC2CCCCC21. The van der Waals surface area contributed by atoms with E-state index in [9.17, 15) is 28.8 Å². The van der Waals surface area contributed by atoms with Crippen molar-refractivity contribution < 1.29 is 57.2 Å². The van der Waals surface area contributed by atoms with E-state index < -0.39 is 0 Å². The van der Waals surface area contributed by atoms with Crippen molar-refractivity contribution in [3.8, 4) is 0 Å². The molecule has 6 bridgehead atoms. The maximum Gasteiger partial charge on any atom is 0.312 e. The van der Waals surface area contributed by atoms with Crippen molar-refractivity contribution >= 4 is 35.8 Å². The number of ether oxygens (including phenoxy) is 6. The van der Waals surface area contributed by atoms with Crippen molar-refractivity contribution in [3.63, 3.8) is 0 Å². The van der Waals surface area contributed by atoms with Crippen LogP contribution in [0.3, 0.4) is 0 Å². The Morgan fingerprint density at radius 2 is 0.656 bits per heavy atom. The van der Waals surface area contributed by atoms with E-state index in [2.05, 4.69) is 69.2 Å². The normalized spacial score (nSPS) is 27.9. The molecule has 12 heteroatoms. The van der Waals surface area contributed by atoms with Crippen LogP contribution in [0.1, 0.15) is 544 Å². The standard InChI is InChI=1S/C25H44O2.2C16H28O2.C15H26O2.C13H22O2.C13H24O2.12CH4/c1-4-24(2,3)23(26)27-25(20-14-8-5-9-15-20,21-16-10-6-11-17-21)22-18-12-7-13-19-22;1-7-14(2,3)13(17)18-12-10-11-8-9-16(12,6)15(11,4)5;1-4-16(2,3)15(17)18-14-11-7-9-12-8-5-6-10-13(12)14;1-5-13(2,3)12(16)17-15-9-6-14(4,7-10-15)8-11-15;1-4-13(2,3)12(14)15-11-8-9-5-6-10(11)7-9;1-5-12(2,3)11(14)15-13(4)9-7-6-8-10-13;;;;;;;;;;;;/h20-22H,4-19H2,1-3H3;11-12H,7-10H2,1-6H3;12-14H,4-11H2,1-3H3;5-11H2,1-4H3;9-11H,4-8H2,1-3H3;5-10H2,1-4H3;12*1H4. The van der Waals surface area contributed by atoms with Crippen molar-refractivity contribution in [2.45, 2.75) is 579 Å². The number of fused-ring (bicyclic) bond motifs is 8. The number of hydrogen-bond acceptors (Lipinski definition) is 12. The highest BCUT2D eigenvalue weighted by atomic mass is 16.6. The molecule has 0 aliphatic heterocycles. The zero-order chi connectivity index (χ0) is 81.6. The van der Waals surface area contributed by atoms with E-state index in [1.807, 2.05) is 90.0 Å². The average Bonchev–Trinajstić information content (AvgIpc) is 1.54. The Labute approximate surface area is 763 Å². The molecule has 9 atom stereocenters. The van der Waals surface area contributed by atoms with Crippen LogP contribution in [0.15, 0.2) is 0 Å². The monoisotopic (exact) mass is 1730 g/mol. The highest BCUT2D eigenvalue weighted by Crippen LogP contribution is 2.67. The molecule has 9 unspecified atom stereocenters. The summed E-state index contributed by atoms with van der Waals surface area (Å²) in [6.45, 7) is 47.8. The number of carbonyl (C=O) groups is 6. The first-order valence-corrected chi connectivity index (χ1v) is 46.8. The molecule has 0 radical (unpaired) electrons. The Morgan fingerprint density at radius 1 is 0.303 bits per heavy atom. The maximum absolute atomic E-state index is 13.4. The molecule has 13 fully saturated rings. The molecule has 0 saturated heterocycles. The summed E-state index contributed by atoms with van der Waals surface area (Å²) < 4.78 is 35.9. The van der Waals surface area contributed by atoms with Gasteiger partial charge < -0.3 is 28.4 Å². The van der Waals surface area contributed by atoms with Crippen molar-refractivity contribution in [3.05, 3.63) is 0 Å². The fourth-order valence-electron chi connectivity index (χ4n) is 21.2. The second-order valence-corrected chi connectivity index (χ2v) is 43.7. The maximum atomic E-state index is 13.4. The highest BCUT2D eigenvalue weighted by molar-refractivity contribution is 5.78. The predicted molar refractivity (Wildman–Crippen MR) is 530 cm³/mol. The van der Waals surface area contributed by atoms with E-state index in [-0.39, 0.29) is 198 Å². The minimum Gasteiger partial charge on any atom is -0.462 e. The van der Waals surface area contributed by atoms with E-state index in [4.69, 9.17) is 28.4 Å². The summed E-state index contributed by atoms with van der Waals surface area (Å²) in [5.41, 5.74) is -1.42. The zero-order valence-electron chi connectivity index (χ0n) is 75.8. The minimum absolute atomic E-state index is 0. The molecule has 0 N–H and O–H groups in total. The molecule has 0 heterocycles. The van der Waals surface area contributed by atoms with E-state index in [0.717, 1.165) is 108 Å². The fraction of sp³-hybridized carbons (Fsp3) is 0.945. The lowest BCUT2D eigenvalue weighted by Crippen LogP contribution is -2.57. The van der Waals surface area contributed by atoms with E-state index in [1.165, 1.54) is 205 Å². The number of carbonyl (C=O) groups excluding carboxylic acids is 6. The van der Waals surface area contributed by atoms with Gasteiger partial charge in [-0.15, -0.1) is 0 Å². The molecular formula is C110H220O12. The quantitative estimate of drug-likeness (QED) is 0.0792. The molecule has 13 aliphatic carbocycles. The first-order chi connectivity index (χ1) is 51.4. The summed E-state index contributed by atoms with van der Waals surface area (Å²) in [6.07, 6.45) is 55.8. The van der Waals surface area contributed by atoms with Crippen LogP contribution < -0.4 is 0 Å². The van der Waals surface area contributed by atoms with Crippen molar-refractivity contribution in [2.24, 2.45) is 96.1 Å². The molecule has 0 aromatic heterocycles. The molecular weight excluding hydrogens is 1510 g/mol. The lowest BCUT2D eigenvalue weighted by molar-refractivity contribution is -0.207. The van der Waals surface area contributed by atoms with Gasteiger partial charge in [-0.2, -0.15) is 0 Å². The van der Waals surface area contributed by atoms with E-state index in [0.29, 0.717) is 40.4 Å². The molecule has 122 heavy (non-hydrogen) atoms. The van der Waals surface area contributed by atoms with Crippen LogP contribution in [-0.4, -0.2) is 70.9 Å². The Hall–Kier alpha value is -3.18. The van der Waals surface area contributed by atoms with Gasteiger partial charge in [0.2, 0.25) is 0 Å². The summed E-state index contributed by atoms with van der Waals surface area (Å²) >= 11 is 0. The summed E-state index contributed by atoms with van der Waals surface area (Å²) in [5, 5.41) is 0. The largest absolute Gasteiger partial charge is 0.462 e. The molecule has 0 amide bonds. The third-order valence-electron chi connectivity index (χ3n) is 33.4. The van der Waals surface area contributed by atoms with Gasteiger partial charge in [-0.3, -0.25) is 28.8 Å². The van der Waals surface area contributed by atoms with Gasteiger partial charge in [0.1, 0.15) is 35.1 Å². The van der Waals surface area contributed by atoms with Crippen LogP contribution >= 0.6 is 0 Å². The number of esters is 6. The Balaban J connectivity index is -0.000000328. The summed E-state index contributed by atoms with van der Waals surface area (Å²) in [7, 11) is 0. The predicted octanol–water partition coefficient (Wildman–Crippen LogP) is 34.5. The van der Waals surface area contributed by atoms with Crippen LogP contribution in [0, 0.1) is 96.1 Å². The van der Waals surface area contributed by atoms with Crippen LogP contribution in [0.4, 0.5) is 0 Å². The minimum atomic E-state index is -0.358. The van der Waals surface area contributed by atoms with Crippen LogP contribution in [0.2, 0.25) is 0 Å².